The highest BCUT2D eigenvalue weighted by atomic mass is 35.5. The molecule has 1 aliphatic rings. The molecule has 2 heterocycles. The largest absolute Gasteiger partial charge is 0.288 e. The van der Waals surface area contributed by atoms with Gasteiger partial charge in [0, 0.05) is 12.7 Å². The van der Waals surface area contributed by atoms with Crippen LogP contribution in [0.4, 0.5) is 0 Å². The van der Waals surface area contributed by atoms with E-state index in [-0.39, 0.29) is 10.2 Å². The molecule has 0 bridgehead atoms. The molecule has 114 valence electrons. The second-order valence-electron chi connectivity index (χ2n) is 5.77. The summed E-state index contributed by atoms with van der Waals surface area (Å²) in [6.07, 6.45) is 4.97. The topological polar surface area (TPSA) is 63.5 Å². The molecule has 1 aliphatic carbocycles. The van der Waals surface area contributed by atoms with Gasteiger partial charge in [-0.25, -0.2) is 18.1 Å². The van der Waals surface area contributed by atoms with Gasteiger partial charge in [-0.05, 0) is 36.8 Å². The molecule has 3 rings (SSSR count). The maximum absolute atomic E-state index is 12.5. The van der Waals surface area contributed by atoms with E-state index in [4.69, 9.17) is 11.6 Å². The fraction of sp³-hybridized carbons (Fsp3) is 0.500. The van der Waals surface area contributed by atoms with Crippen LogP contribution in [0.15, 0.2) is 29.4 Å². The molecule has 1 fully saturated rings. The third-order valence-corrected chi connectivity index (χ3v) is 5.89. The van der Waals surface area contributed by atoms with Gasteiger partial charge >= 0.3 is 0 Å². The van der Waals surface area contributed by atoms with E-state index in [1.165, 1.54) is 10.8 Å². The summed E-state index contributed by atoms with van der Waals surface area (Å²) in [7, 11) is -3.66. The molecule has 1 N–H and O–H groups in total. The van der Waals surface area contributed by atoms with Gasteiger partial charge in [-0.2, -0.15) is 0 Å². The highest BCUT2D eigenvalue weighted by Crippen LogP contribution is 2.30. The number of hydrogen-bond acceptors (Lipinski definition) is 3. The Morgan fingerprint density at radius 1 is 1.43 bits per heavy atom. The first-order valence-electron chi connectivity index (χ1n) is 7.09. The van der Waals surface area contributed by atoms with E-state index < -0.39 is 10.0 Å². The van der Waals surface area contributed by atoms with Crippen molar-refractivity contribution in [2.45, 2.75) is 31.2 Å². The lowest BCUT2D eigenvalue weighted by Gasteiger charge is -2.11. The predicted molar refractivity (Wildman–Crippen MR) is 81.9 cm³/mol. The minimum absolute atomic E-state index is 0.00786. The van der Waals surface area contributed by atoms with Crippen molar-refractivity contribution in [2.24, 2.45) is 11.8 Å². The van der Waals surface area contributed by atoms with Gasteiger partial charge < -0.3 is 0 Å². The Morgan fingerprint density at radius 3 is 2.95 bits per heavy atom. The van der Waals surface area contributed by atoms with Crippen molar-refractivity contribution in [3.05, 3.63) is 29.5 Å². The SMILES string of the molecule is CC1CCC(CNS(=O)(=O)c2c(Cl)nc3ccccn23)C1. The van der Waals surface area contributed by atoms with Gasteiger partial charge in [-0.3, -0.25) is 4.40 Å². The third-order valence-electron chi connectivity index (χ3n) is 4.07. The van der Waals surface area contributed by atoms with Crippen molar-refractivity contribution in [1.82, 2.24) is 14.1 Å². The number of hydrogen-bond donors (Lipinski definition) is 1. The summed E-state index contributed by atoms with van der Waals surface area (Å²) in [4.78, 5) is 4.08. The summed E-state index contributed by atoms with van der Waals surface area (Å²) in [6.45, 7) is 2.67. The molecule has 2 aromatic rings. The Hall–Kier alpha value is -1.11. The lowest BCUT2D eigenvalue weighted by molar-refractivity contribution is 0.497. The fourth-order valence-corrected chi connectivity index (χ4v) is 4.75. The second-order valence-corrected chi connectivity index (χ2v) is 7.81. The maximum Gasteiger partial charge on any atom is 0.259 e. The van der Waals surface area contributed by atoms with Crippen LogP contribution in [0.1, 0.15) is 26.2 Å². The van der Waals surface area contributed by atoms with Crippen molar-refractivity contribution >= 4 is 27.3 Å². The molecule has 7 heteroatoms. The van der Waals surface area contributed by atoms with E-state index >= 15 is 0 Å². The lowest BCUT2D eigenvalue weighted by atomic mass is 10.1. The number of aromatic nitrogens is 2. The van der Waals surface area contributed by atoms with Gasteiger partial charge in [0.15, 0.2) is 10.2 Å². The van der Waals surface area contributed by atoms with E-state index in [9.17, 15) is 8.42 Å². The smallest absolute Gasteiger partial charge is 0.259 e. The van der Waals surface area contributed by atoms with Crippen molar-refractivity contribution in [3.63, 3.8) is 0 Å². The first kappa shape index (κ1) is 14.8. The zero-order chi connectivity index (χ0) is 15.0. The molecule has 0 amide bonds. The highest BCUT2D eigenvalue weighted by molar-refractivity contribution is 7.89. The first-order valence-corrected chi connectivity index (χ1v) is 8.96. The van der Waals surface area contributed by atoms with Gasteiger partial charge in [0.1, 0.15) is 5.65 Å². The Labute approximate surface area is 129 Å². The van der Waals surface area contributed by atoms with Crippen LogP contribution in [0.3, 0.4) is 0 Å². The summed E-state index contributed by atoms with van der Waals surface area (Å²) in [6, 6.07) is 5.27. The van der Waals surface area contributed by atoms with Crippen molar-refractivity contribution < 1.29 is 8.42 Å². The molecule has 2 atom stereocenters. The lowest BCUT2D eigenvalue weighted by Crippen LogP contribution is -2.29. The summed E-state index contributed by atoms with van der Waals surface area (Å²) in [5.41, 5.74) is 0.525. The number of fused-ring (bicyclic) bond motifs is 1. The Balaban J connectivity index is 1.85. The monoisotopic (exact) mass is 327 g/mol. The number of nitrogens with one attached hydrogen (secondary N) is 1. The summed E-state index contributed by atoms with van der Waals surface area (Å²) >= 11 is 6.02. The van der Waals surface area contributed by atoms with Gasteiger partial charge in [-0.1, -0.05) is 31.0 Å². The molecule has 0 saturated heterocycles. The van der Waals surface area contributed by atoms with Crippen LogP contribution in [0.25, 0.3) is 5.65 Å². The van der Waals surface area contributed by atoms with Crippen molar-refractivity contribution in [2.75, 3.05) is 6.54 Å². The minimum Gasteiger partial charge on any atom is -0.288 e. The Morgan fingerprint density at radius 2 is 2.24 bits per heavy atom. The van der Waals surface area contributed by atoms with Gasteiger partial charge in [-0.15, -0.1) is 0 Å². The van der Waals surface area contributed by atoms with Crippen molar-refractivity contribution in [3.8, 4) is 0 Å². The summed E-state index contributed by atoms with van der Waals surface area (Å²) < 4.78 is 29.2. The number of halogens is 1. The second kappa shape index (κ2) is 5.59. The number of nitrogens with zero attached hydrogens (tertiary/aromatic N) is 2. The number of rotatable bonds is 4. The zero-order valence-corrected chi connectivity index (χ0v) is 13.4. The molecule has 0 radical (unpaired) electrons. The van der Waals surface area contributed by atoms with Gasteiger partial charge in [0.2, 0.25) is 0 Å². The molecule has 2 aromatic heterocycles. The quantitative estimate of drug-likeness (QED) is 0.939. The van der Waals surface area contributed by atoms with Crippen LogP contribution in [-0.4, -0.2) is 24.3 Å². The normalized spacial score (nSPS) is 23.0. The molecule has 5 nitrogen and oxygen atoms in total. The molecule has 2 unspecified atom stereocenters. The van der Waals surface area contributed by atoms with Crippen LogP contribution in [0.2, 0.25) is 5.15 Å². The summed E-state index contributed by atoms with van der Waals surface area (Å²) in [5.74, 6) is 1.09. The van der Waals surface area contributed by atoms with Gasteiger partial charge in [0.05, 0.1) is 0 Å². The molecule has 0 aromatic carbocycles. The first-order chi connectivity index (χ1) is 9.97. The Kier molecular flexibility index (Phi) is 3.94. The number of imidazole rings is 1. The van der Waals surface area contributed by atoms with E-state index in [0.717, 1.165) is 12.8 Å². The average Bonchev–Trinajstić information content (AvgIpc) is 2.99. The van der Waals surface area contributed by atoms with E-state index in [1.807, 2.05) is 0 Å². The predicted octanol–water partition coefficient (Wildman–Crippen LogP) is 2.70. The van der Waals surface area contributed by atoms with Crippen molar-refractivity contribution in [1.29, 1.82) is 0 Å². The number of pyridine rings is 1. The minimum atomic E-state index is -3.66. The Bertz CT molecular complexity index is 757. The maximum atomic E-state index is 12.5. The van der Waals surface area contributed by atoms with Crippen LogP contribution in [0.5, 0.6) is 0 Å². The molecule has 21 heavy (non-hydrogen) atoms. The van der Waals surface area contributed by atoms with Crippen LogP contribution in [0, 0.1) is 11.8 Å². The zero-order valence-electron chi connectivity index (χ0n) is 11.8. The average molecular weight is 328 g/mol. The van der Waals surface area contributed by atoms with Crippen LogP contribution >= 0.6 is 11.6 Å². The number of sulfonamides is 1. The van der Waals surface area contributed by atoms with Crippen LogP contribution < -0.4 is 4.72 Å². The van der Waals surface area contributed by atoms with E-state index in [1.54, 1.807) is 24.4 Å². The molecule has 0 spiro atoms. The van der Waals surface area contributed by atoms with E-state index in [2.05, 4.69) is 16.6 Å². The molecule has 0 aliphatic heterocycles. The summed E-state index contributed by atoms with van der Waals surface area (Å²) in [5, 5.41) is 0.0271. The van der Waals surface area contributed by atoms with Gasteiger partial charge in [0.25, 0.3) is 10.0 Å². The van der Waals surface area contributed by atoms with E-state index in [0.29, 0.717) is 24.0 Å². The third kappa shape index (κ3) is 2.93. The van der Waals surface area contributed by atoms with Crippen LogP contribution in [-0.2, 0) is 10.0 Å². The fourth-order valence-electron chi connectivity index (χ4n) is 2.99. The molecular weight excluding hydrogens is 310 g/mol. The molecular formula is C14H18ClN3O2S. The molecule has 1 saturated carbocycles. The highest BCUT2D eigenvalue weighted by Gasteiger charge is 2.27. The standard InChI is InChI=1S/C14H18ClN3O2S/c1-10-5-6-11(8-10)9-16-21(19,20)14-13(15)17-12-4-2-3-7-18(12)14/h2-4,7,10-11,16H,5-6,8-9H2,1H3.